The van der Waals surface area contributed by atoms with Gasteiger partial charge in [-0.25, -0.2) is 13.8 Å². The summed E-state index contributed by atoms with van der Waals surface area (Å²) in [4.78, 5) is 6.41. The molecule has 0 unspecified atom stereocenters. The van der Waals surface area contributed by atoms with Crippen molar-refractivity contribution < 1.29 is 8.78 Å². The molecule has 15 heavy (non-hydrogen) atoms. The summed E-state index contributed by atoms with van der Waals surface area (Å²) in [5.41, 5.74) is 6.03. The lowest BCUT2D eigenvalue weighted by Crippen LogP contribution is -1.87. The molecular weight excluding hydrogens is 224 g/mol. The number of nitrogens with one attached hydrogen (secondary N) is 1. The highest BCUT2D eigenvalue weighted by Gasteiger charge is 2.11. The number of imidazole rings is 1. The zero-order chi connectivity index (χ0) is 11.0. The number of nitrogen functional groups attached to an aromatic ring is 1. The Morgan fingerprint density at radius 3 is 2.53 bits per heavy atom. The molecule has 2 rings (SSSR count). The third-order valence-electron chi connectivity index (χ3n) is 1.87. The molecule has 0 amide bonds. The quantitative estimate of drug-likeness (QED) is 0.790. The van der Waals surface area contributed by atoms with Crippen molar-refractivity contribution in [2.45, 2.75) is 0 Å². The predicted octanol–water partition coefficient (Wildman–Crippen LogP) is 2.59. The first kappa shape index (κ1) is 9.92. The molecule has 1 heterocycles. The molecule has 1 aromatic heterocycles. The maximum absolute atomic E-state index is 12.9. The third-order valence-corrected chi connectivity index (χ3v) is 2.14. The van der Waals surface area contributed by atoms with Gasteiger partial charge in [0.25, 0.3) is 0 Å². The normalized spacial score (nSPS) is 10.6. The van der Waals surface area contributed by atoms with Crippen molar-refractivity contribution in [1.82, 2.24) is 9.97 Å². The number of hydrogen-bond acceptors (Lipinski definition) is 2. The van der Waals surface area contributed by atoms with Crippen LogP contribution in [0.1, 0.15) is 0 Å². The average Bonchev–Trinajstić information content (AvgIpc) is 2.50. The molecule has 1 aromatic carbocycles. The summed E-state index contributed by atoms with van der Waals surface area (Å²) in [7, 11) is 0. The van der Waals surface area contributed by atoms with E-state index in [0.717, 1.165) is 12.1 Å². The lowest BCUT2D eigenvalue weighted by Gasteiger charge is -1.98. The number of rotatable bonds is 1. The Balaban J connectivity index is 2.54. The van der Waals surface area contributed by atoms with Crippen LogP contribution < -0.4 is 5.73 Å². The van der Waals surface area contributed by atoms with Crippen LogP contribution in [0.3, 0.4) is 0 Å². The Morgan fingerprint density at radius 1 is 1.27 bits per heavy atom. The molecule has 3 nitrogen and oxygen atoms in total. The largest absolute Gasteiger partial charge is 0.369 e. The molecular formula is C9H6ClF2N3. The van der Waals surface area contributed by atoms with Gasteiger partial charge in [0.2, 0.25) is 0 Å². The van der Waals surface area contributed by atoms with Gasteiger partial charge in [0.1, 0.15) is 10.8 Å². The van der Waals surface area contributed by atoms with E-state index in [1.165, 1.54) is 6.07 Å². The van der Waals surface area contributed by atoms with Crippen molar-refractivity contribution >= 4 is 17.5 Å². The second-order valence-electron chi connectivity index (χ2n) is 2.91. The van der Waals surface area contributed by atoms with Crippen molar-refractivity contribution in [1.29, 1.82) is 0 Å². The third kappa shape index (κ3) is 1.78. The molecule has 0 aliphatic heterocycles. The van der Waals surface area contributed by atoms with Gasteiger partial charge in [-0.2, -0.15) is 0 Å². The zero-order valence-corrected chi connectivity index (χ0v) is 8.15. The standard InChI is InChI=1S/C9H6ClF2N3/c10-8-7(14-9(13)15-8)4-1-2-5(11)6(12)3-4/h1-3H,(H3,13,14,15). The first-order valence-electron chi connectivity index (χ1n) is 4.04. The monoisotopic (exact) mass is 229 g/mol. The Kier molecular flexibility index (Phi) is 2.32. The van der Waals surface area contributed by atoms with E-state index in [1.54, 1.807) is 0 Å². The number of nitrogens with two attached hydrogens (primary N) is 1. The first-order valence-corrected chi connectivity index (χ1v) is 4.42. The van der Waals surface area contributed by atoms with E-state index in [0.29, 0.717) is 11.3 Å². The number of nitrogens with zero attached hydrogens (tertiary/aromatic N) is 1. The molecule has 2 aromatic rings. The number of aromatic nitrogens is 2. The lowest BCUT2D eigenvalue weighted by atomic mass is 10.1. The Bertz CT molecular complexity index is 510. The van der Waals surface area contributed by atoms with E-state index in [2.05, 4.69) is 9.97 Å². The molecule has 0 saturated carbocycles. The Morgan fingerprint density at radius 2 is 2.00 bits per heavy atom. The van der Waals surface area contributed by atoms with Crippen molar-refractivity contribution in [2.24, 2.45) is 0 Å². The fourth-order valence-corrected chi connectivity index (χ4v) is 1.45. The molecule has 0 fully saturated rings. The van der Waals surface area contributed by atoms with Crippen LogP contribution in [0.25, 0.3) is 11.3 Å². The van der Waals surface area contributed by atoms with Crippen LogP contribution in [0.15, 0.2) is 18.2 Å². The van der Waals surface area contributed by atoms with E-state index in [-0.39, 0.29) is 11.1 Å². The number of benzene rings is 1. The fraction of sp³-hybridized carbons (Fsp3) is 0. The van der Waals surface area contributed by atoms with Gasteiger partial charge in [0, 0.05) is 5.56 Å². The maximum atomic E-state index is 12.9. The predicted molar refractivity (Wildman–Crippen MR) is 53.4 cm³/mol. The van der Waals surface area contributed by atoms with Gasteiger partial charge in [-0.3, -0.25) is 0 Å². The minimum Gasteiger partial charge on any atom is -0.369 e. The number of anilines is 1. The summed E-state index contributed by atoms with van der Waals surface area (Å²) in [5.74, 6) is -1.75. The van der Waals surface area contributed by atoms with E-state index in [4.69, 9.17) is 17.3 Å². The molecule has 0 bridgehead atoms. The number of H-pyrrole nitrogens is 1. The molecule has 78 valence electrons. The van der Waals surface area contributed by atoms with Crippen LogP contribution in [-0.4, -0.2) is 9.97 Å². The topological polar surface area (TPSA) is 54.7 Å². The van der Waals surface area contributed by atoms with Gasteiger partial charge in [-0.1, -0.05) is 11.6 Å². The molecule has 0 aliphatic carbocycles. The van der Waals surface area contributed by atoms with Crippen molar-refractivity contribution in [2.75, 3.05) is 5.73 Å². The van der Waals surface area contributed by atoms with Crippen LogP contribution >= 0.6 is 11.6 Å². The summed E-state index contributed by atoms with van der Waals surface area (Å²) in [6, 6.07) is 3.39. The zero-order valence-electron chi connectivity index (χ0n) is 7.39. The van der Waals surface area contributed by atoms with E-state index < -0.39 is 11.6 Å². The van der Waals surface area contributed by atoms with Crippen LogP contribution in [0, 0.1) is 11.6 Å². The minimum absolute atomic E-state index is 0.125. The van der Waals surface area contributed by atoms with Crippen molar-refractivity contribution in [3.05, 3.63) is 35.0 Å². The molecule has 0 atom stereocenters. The van der Waals surface area contributed by atoms with Crippen LogP contribution in [0.4, 0.5) is 14.7 Å². The second-order valence-corrected chi connectivity index (χ2v) is 3.29. The lowest BCUT2D eigenvalue weighted by molar-refractivity contribution is 0.509. The Labute approximate surface area is 88.9 Å². The van der Waals surface area contributed by atoms with Gasteiger partial charge in [0.15, 0.2) is 17.6 Å². The van der Waals surface area contributed by atoms with Gasteiger partial charge >= 0.3 is 0 Å². The van der Waals surface area contributed by atoms with E-state index >= 15 is 0 Å². The molecule has 0 saturated heterocycles. The smallest absolute Gasteiger partial charge is 0.199 e. The van der Waals surface area contributed by atoms with Gasteiger partial charge in [-0.05, 0) is 18.2 Å². The summed E-state index contributed by atoms with van der Waals surface area (Å²) >= 11 is 5.76. The fourth-order valence-electron chi connectivity index (χ4n) is 1.20. The van der Waals surface area contributed by atoms with Crippen LogP contribution in [0.5, 0.6) is 0 Å². The van der Waals surface area contributed by atoms with Crippen LogP contribution in [-0.2, 0) is 0 Å². The highest BCUT2D eigenvalue weighted by atomic mass is 35.5. The number of halogens is 3. The molecule has 6 heteroatoms. The minimum atomic E-state index is -0.954. The summed E-state index contributed by atoms with van der Waals surface area (Å²) in [5, 5.41) is 0.193. The molecule has 3 N–H and O–H groups in total. The summed E-state index contributed by atoms with van der Waals surface area (Å²) in [6.07, 6.45) is 0. The second kappa shape index (κ2) is 3.51. The van der Waals surface area contributed by atoms with E-state index in [9.17, 15) is 8.78 Å². The van der Waals surface area contributed by atoms with Crippen molar-refractivity contribution in [3.8, 4) is 11.3 Å². The van der Waals surface area contributed by atoms with Crippen molar-refractivity contribution in [3.63, 3.8) is 0 Å². The summed E-state index contributed by atoms with van der Waals surface area (Å²) in [6.45, 7) is 0. The maximum Gasteiger partial charge on any atom is 0.199 e. The summed E-state index contributed by atoms with van der Waals surface area (Å²) < 4.78 is 25.6. The number of hydrogen-bond donors (Lipinski definition) is 2. The Hall–Kier alpha value is -1.62. The van der Waals surface area contributed by atoms with E-state index in [1.807, 2.05) is 0 Å². The first-order chi connectivity index (χ1) is 7.08. The van der Waals surface area contributed by atoms with Gasteiger partial charge in [-0.15, -0.1) is 0 Å². The molecule has 0 radical (unpaired) electrons. The van der Waals surface area contributed by atoms with Crippen LogP contribution in [0.2, 0.25) is 5.15 Å². The average molecular weight is 230 g/mol. The molecule has 0 aliphatic rings. The highest BCUT2D eigenvalue weighted by molar-refractivity contribution is 6.32. The van der Waals surface area contributed by atoms with Gasteiger partial charge < -0.3 is 10.7 Å². The van der Waals surface area contributed by atoms with Gasteiger partial charge in [0.05, 0.1) is 0 Å². The molecule has 0 spiro atoms. The highest BCUT2D eigenvalue weighted by Crippen LogP contribution is 2.27. The SMILES string of the molecule is Nc1nc(-c2ccc(F)c(F)c2)c(Cl)[nH]1. The number of aromatic amines is 1.